The molecule has 1 aromatic rings. The van der Waals surface area contributed by atoms with E-state index in [1.165, 1.54) is 13.2 Å². The average molecular weight is 394 g/mol. The molecule has 1 rings (SSSR count). The van der Waals surface area contributed by atoms with E-state index in [0.29, 0.717) is 10.9 Å². The van der Waals surface area contributed by atoms with Gasteiger partial charge in [0.2, 0.25) is 10.0 Å². The van der Waals surface area contributed by atoms with E-state index < -0.39 is 22.0 Å². The second kappa shape index (κ2) is 7.94. The number of nitrogens with one attached hydrogen (secondary N) is 1. The van der Waals surface area contributed by atoms with E-state index in [1.54, 1.807) is 13.0 Å². The van der Waals surface area contributed by atoms with Crippen LogP contribution in [0.1, 0.15) is 31.7 Å². The summed E-state index contributed by atoms with van der Waals surface area (Å²) in [6, 6.07) is 1.84. The van der Waals surface area contributed by atoms with Crippen LogP contribution in [-0.2, 0) is 14.8 Å². The van der Waals surface area contributed by atoms with E-state index in [1.807, 2.05) is 6.92 Å². The Bertz CT molecular complexity index is 645. The van der Waals surface area contributed by atoms with Gasteiger partial charge in [0.05, 0.1) is 7.11 Å². The summed E-state index contributed by atoms with van der Waals surface area (Å²) in [6.45, 7) is 3.71. The molecule has 0 fully saturated rings. The van der Waals surface area contributed by atoms with E-state index in [0.717, 1.165) is 12.0 Å². The highest BCUT2D eigenvalue weighted by Crippen LogP contribution is 2.30. The van der Waals surface area contributed by atoms with Gasteiger partial charge in [-0.15, -0.1) is 0 Å². The van der Waals surface area contributed by atoms with Crippen molar-refractivity contribution in [3.63, 3.8) is 0 Å². The molecule has 1 atom stereocenters. The highest BCUT2D eigenvalue weighted by Gasteiger charge is 2.27. The van der Waals surface area contributed by atoms with E-state index >= 15 is 0 Å². The van der Waals surface area contributed by atoms with Gasteiger partial charge < -0.3 is 9.84 Å². The van der Waals surface area contributed by atoms with Gasteiger partial charge in [-0.25, -0.2) is 8.42 Å². The smallest absolute Gasteiger partial charge is 0.321 e. The zero-order chi connectivity index (χ0) is 16.9. The van der Waals surface area contributed by atoms with Gasteiger partial charge in [0.25, 0.3) is 0 Å². The van der Waals surface area contributed by atoms with Gasteiger partial charge >= 0.3 is 5.97 Å². The van der Waals surface area contributed by atoms with E-state index in [-0.39, 0.29) is 17.1 Å². The molecule has 0 aromatic heterocycles. The van der Waals surface area contributed by atoms with Crippen LogP contribution in [0, 0.1) is 6.92 Å². The quantitative estimate of drug-likeness (QED) is 0.707. The first kappa shape index (κ1) is 18.9. The summed E-state index contributed by atoms with van der Waals surface area (Å²) in [6.07, 6.45) is 1.64. The number of methoxy groups -OCH3 is 1. The number of hydrogen-bond acceptors (Lipinski definition) is 4. The minimum Gasteiger partial charge on any atom is -0.495 e. The highest BCUT2D eigenvalue weighted by molar-refractivity contribution is 9.10. The summed E-state index contributed by atoms with van der Waals surface area (Å²) in [5, 5.41) is 9.17. The van der Waals surface area contributed by atoms with Crippen molar-refractivity contribution < 1.29 is 23.1 Å². The molecule has 0 saturated carbocycles. The van der Waals surface area contributed by atoms with Crippen LogP contribution in [0.3, 0.4) is 0 Å². The normalized spacial score (nSPS) is 12.9. The number of carbonyl (C=O) groups is 1. The predicted molar refractivity (Wildman–Crippen MR) is 86.7 cm³/mol. The van der Waals surface area contributed by atoms with Crippen LogP contribution in [0.2, 0.25) is 0 Å². The Morgan fingerprint density at radius 3 is 2.59 bits per heavy atom. The third kappa shape index (κ3) is 4.69. The molecule has 0 heterocycles. The molecular weight excluding hydrogens is 374 g/mol. The van der Waals surface area contributed by atoms with Gasteiger partial charge in [0.1, 0.15) is 16.7 Å². The van der Waals surface area contributed by atoms with Crippen LogP contribution < -0.4 is 9.46 Å². The monoisotopic (exact) mass is 393 g/mol. The number of halogens is 1. The molecule has 0 bridgehead atoms. The largest absolute Gasteiger partial charge is 0.495 e. The molecule has 6 nitrogen and oxygen atoms in total. The lowest BCUT2D eigenvalue weighted by Crippen LogP contribution is -2.40. The number of unbranched alkanes of at least 4 members (excludes halogenated alkanes) is 1. The Labute approximate surface area is 139 Å². The number of hydrogen-bond donors (Lipinski definition) is 2. The number of aliphatic carboxylic acids is 1. The Morgan fingerprint density at radius 2 is 2.09 bits per heavy atom. The number of ether oxygens (including phenoxy) is 1. The molecule has 0 aliphatic heterocycles. The fourth-order valence-corrected chi connectivity index (χ4v) is 3.79. The third-order valence-electron chi connectivity index (χ3n) is 3.18. The zero-order valence-electron chi connectivity index (χ0n) is 12.7. The molecule has 0 spiro atoms. The minimum absolute atomic E-state index is 0.0878. The van der Waals surface area contributed by atoms with Crippen LogP contribution in [-0.4, -0.2) is 32.6 Å². The second-order valence-corrected chi connectivity index (χ2v) is 7.44. The number of aryl methyl sites for hydroxylation is 1. The predicted octanol–water partition coefficient (Wildman–Crippen LogP) is 2.69. The Kier molecular flexibility index (Phi) is 6.83. The molecule has 0 aliphatic carbocycles. The van der Waals surface area contributed by atoms with Crippen LogP contribution >= 0.6 is 15.9 Å². The molecule has 0 unspecified atom stereocenters. The van der Waals surface area contributed by atoms with Gasteiger partial charge in [-0.2, -0.15) is 4.72 Å². The lowest BCUT2D eigenvalue weighted by molar-refractivity contribution is -0.139. The molecule has 2 N–H and O–H groups in total. The maximum Gasteiger partial charge on any atom is 0.321 e. The summed E-state index contributed by atoms with van der Waals surface area (Å²) in [4.78, 5) is 11.1. The van der Waals surface area contributed by atoms with Gasteiger partial charge in [0.15, 0.2) is 0 Å². The van der Waals surface area contributed by atoms with Gasteiger partial charge in [-0.3, -0.25) is 4.79 Å². The summed E-state index contributed by atoms with van der Waals surface area (Å²) in [5.41, 5.74) is 0.816. The van der Waals surface area contributed by atoms with Crippen LogP contribution in [0.5, 0.6) is 5.75 Å². The van der Waals surface area contributed by atoms with Crippen molar-refractivity contribution in [2.24, 2.45) is 0 Å². The lowest BCUT2D eigenvalue weighted by atomic mass is 10.1. The number of benzene rings is 1. The Morgan fingerprint density at radius 1 is 1.45 bits per heavy atom. The van der Waals surface area contributed by atoms with E-state index in [4.69, 9.17) is 9.84 Å². The average Bonchev–Trinajstić information content (AvgIpc) is 2.45. The first-order valence-electron chi connectivity index (χ1n) is 6.82. The van der Waals surface area contributed by atoms with Gasteiger partial charge in [0, 0.05) is 4.47 Å². The van der Waals surface area contributed by atoms with Crippen molar-refractivity contribution in [1.29, 1.82) is 0 Å². The fraction of sp³-hybridized carbons (Fsp3) is 0.500. The maximum atomic E-state index is 12.5. The number of sulfonamides is 1. The number of rotatable bonds is 8. The highest BCUT2D eigenvalue weighted by atomic mass is 79.9. The molecule has 124 valence electrons. The van der Waals surface area contributed by atoms with Crippen molar-refractivity contribution >= 4 is 31.9 Å². The topological polar surface area (TPSA) is 92.7 Å². The molecule has 0 aliphatic rings. The van der Waals surface area contributed by atoms with Gasteiger partial charge in [-0.1, -0.05) is 35.7 Å². The summed E-state index contributed by atoms with van der Waals surface area (Å²) in [7, 11) is -2.63. The van der Waals surface area contributed by atoms with Crippen molar-refractivity contribution in [1.82, 2.24) is 4.72 Å². The first-order chi connectivity index (χ1) is 10.2. The summed E-state index contributed by atoms with van der Waals surface area (Å²) >= 11 is 3.27. The molecule has 0 amide bonds. The maximum absolute atomic E-state index is 12.5. The SMILES string of the molecule is CCCC[C@H](NS(=O)(=O)c1cc(Br)c(C)cc1OC)C(=O)O. The number of carboxylic acids is 1. The Balaban J connectivity index is 3.18. The third-order valence-corrected chi connectivity index (χ3v) is 5.52. The van der Waals surface area contributed by atoms with Crippen molar-refractivity contribution in [3.8, 4) is 5.75 Å². The molecule has 1 aromatic carbocycles. The summed E-state index contributed by atoms with van der Waals surface area (Å²) < 4.78 is 32.9. The molecule has 0 radical (unpaired) electrons. The van der Waals surface area contributed by atoms with E-state index in [9.17, 15) is 13.2 Å². The Hall–Kier alpha value is -1.12. The van der Waals surface area contributed by atoms with E-state index in [2.05, 4.69) is 20.7 Å². The fourth-order valence-electron chi connectivity index (χ4n) is 1.90. The zero-order valence-corrected chi connectivity index (χ0v) is 15.1. The van der Waals surface area contributed by atoms with Crippen LogP contribution in [0.4, 0.5) is 0 Å². The van der Waals surface area contributed by atoms with Crippen molar-refractivity contribution in [3.05, 3.63) is 22.2 Å². The minimum atomic E-state index is -4.00. The molecule has 8 heteroatoms. The number of carboxylic acid groups (broad SMARTS) is 1. The summed E-state index contributed by atoms with van der Waals surface area (Å²) in [5.74, 6) is -1.02. The molecular formula is C14H20BrNO5S. The van der Waals surface area contributed by atoms with Gasteiger partial charge in [-0.05, 0) is 31.0 Å². The molecule has 0 saturated heterocycles. The van der Waals surface area contributed by atoms with Crippen LogP contribution in [0.15, 0.2) is 21.5 Å². The van der Waals surface area contributed by atoms with Crippen molar-refractivity contribution in [2.45, 2.75) is 44.0 Å². The molecule has 22 heavy (non-hydrogen) atoms. The second-order valence-electron chi connectivity index (χ2n) is 4.91. The first-order valence-corrected chi connectivity index (χ1v) is 9.09. The van der Waals surface area contributed by atoms with Crippen LogP contribution in [0.25, 0.3) is 0 Å². The standard InChI is InChI=1S/C14H20BrNO5S/c1-4-5-6-11(14(17)18)16-22(19,20)13-8-10(15)9(2)7-12(13)21-3/h7-8,11,16H,4-6H2,1-3H3,(H,17,18)/t11-/m0/s1. The lowest BCUT2D eigenvalue weighted by Gasteiger charge is -2.17. The van der Waals surface area contributed by atoms with Crippen molar-refractivity contribution in [2.75, 3.05) is 7.11 Å².